The van der Waals surface area contributed by atoms with E-state index in [-0.39, 0.29) is 17.0 Å². The lowest BCUT2D eigenvalue weighted by Gasteiger charge is -2.33. The van der Waals surface area contributed by atoms with Gasteiger partial charge in [-0.2, -0.15) is 0 Å². The fourth-order valence-electron chi connectivity index (χ4n) is 5.71. The molecule has 0 fully saturated rings. The summed E-state index contributed by atoms with van der Waals surface area (Å²) in [6.07, 6.45) is 5.65. The summed E-state index contributed by atoms with van der Waals surface area (Å²) in [5.74, 6) is 0.281. The number of anilines is 2. The standard InChI is InChI=1S/C32H36N2/c1-21-19-31(3,4)33-29-14-12-24(17-26(21)29)28(16-23-10-8-7-9-11-23)25-13-15-30-27(18-25)22(2)20-32(5,6)34-30/h7-15,17-20,28,33-34H,16H2,1-6H3. The van der Waals surface area contributed by atoms with Gasteiger partial charge in [-0.1, -0.05) is 54.6 Å². The summed E-state index contributed by atoms with van der Waals surface area (Å²) in [7, 11) is 0. The smallest absolute Gasteiger partial charge is 0.0505 e. The van der Waals surface area contributed by atoms with E-state index < -0.39 is 0 Å². The molecular formula is C32H36N2. The Kier molecular flexibility index (Phi) is 5.43. The molecule has 0 unspecified atom stereocenters. The molecule has 0 saturated carbocycles. The van der Waals surface area contributed by atoms with Crippen LogP contribution in [0.4, 0.5) is 11.4 Å². The van der Waals surface area contributed by atoms with Gasteiger partial charge in [0.05, 0.1) is 11.1 Å². The van der Waals surface area contributed by atoms with Crippen molar-refractivity contribution in [2.75, 3.05) is 10.6 Å². The molecule has 0 aliphatic carbocycles. The maximum absolute atomic E-state index is 3.68. The van der Waals surface area contributed by atoms with Gasteiger partial charge in [0, 0.05) is 28.4 Å². The Labute approximate surface area is 204 Å². The van der Waals surface area contributed by atoms with Gasteiger partial charge in [0.1, 0.15) is 0 Å². The van der Waals surface area contributed by atoms with Crippen molar-refractivity contribution in [1.29, 1.82) is 0 Å². The van der Waals surface area contributed by atoms with Crippen LogP contribution in [-0.4, -0.2) is 11.1 Å². The van der Waals surface area contributed by atoms with Crippen molar-refractivity contribution >= 4 is 22.5 Å². The predicted octanol–water partition coefficient (Wildman–Crippen LogP) is 8.28. The molecule has 5 rings (SSSR count). The van der Waals surface area contributed by atoms with Crippen molar-refractivity contribution in [2.45, 2.75) is 65.0 Å². The molecule has 0 amide bonds. The van der Waals surface area contributed by atoms with Gasteiger partial charge in [-0.3, -0.25) is 0 Å². The van der Waals surface area contributed by atoms with Gasteiger partial charge in [0.15, 0.2) is 0 Å². The minimum absolute atomic E-state index is 0.0226. The van der Waals surface area contributed by atoms with Gasteiger partial charge in [-0.15, -0.1) is 0 Å². The third-order valence-corrected chi connectivity index (χ3v) is 7.09. The van der Waals surface area contributed by atoms with Crippen LogP contribution in [0.5, 0.6) is 0 Å². The molecule has 3 aromatic rings. The van der Waals surface area contributed by atoms with Crippen LogP contribution < -0.4 is 10.6 Å². The highest BCUT2D eigenvalue weighted by Gasteiger charge is 2.26. The summed E-state index contributed by atoms with van der Waals surface area (Å²) in [5, 5.41) is 7.37. The van der Waals surface area contributed by atoms with E-state index in [0.717, 1.165) is 6.42 Å². The summed E-state index contributed by atoms with van der Waals surface area (Å²) in [5.41, 5.74) is 11.8. The number of benzene rings is 3. The number of fused-ring (bicyclic) bond motifs is 2. The molecule has 2 heterocycles. The van der Waals surface area contributed by atoms with E-state index >= 15 is 0 Å². The molecule has 0 saturated heterocycles. The Morgan fingerprint density at radius 2 is 1.12 bits per heavy atom. The first kappa shape index (κ1) is 22.5. The minimum atomic E-state index is -0.0226. The van der Waals surface area contributed by atoms with Crippen molar-refractivity contribution in [2.24, 2.45) is 0 Å². The highest BCUT2D eigenvalue weighted by Crippen LogP contribution is 2.40. The molecule has 0 spiro atoms. The summed E-state index contributed by atoms with van der Waals surface area (Å²) >= 11 is 0. The van der Waals surface area contributed by atoms with E-state index in [2.05, 4.69) is 131 Å². The first-order chi connectivity index (χ1) is 16.1. The Hall–Kier alpha value is -3.26. The van der Waals surface area contributed by atoms with Crippen molar-refractivity contribution < 1.29 is 0 Å². The van der Waals surface area contributed by atoms with Gasteiger partial charge in [-0.05, 0) is 100 Å². The maximum atomic E-state index is 3.68. The van der Waals surface area contributed by atoms with Crippen LogP contribution in [0.25, 0.3) is 11.1 Å². The molecule has 0 atom stereocenters. The van der Waals surface area contributed by atoms with E-state index in [1.54, 1.807) is 0 Å². The van der Waals surface area contributed by atoms with Gasteiger partial charge in [-0.25, -0.2) is 0 Å². The van der Waals surface area contributed by atoms with Crippen molar-refractivity contribution in [3.63, 3.8) is 0 Å². The molecule has 0 bridgehead atoms. The van der Waals surface area contributed by atoms with Gasteiger partial charge in [0.25, 0.3) is 0 Å². The number of allylic oxidation sites excluding steroid dienone is 2. The van der Waals surface area contributed by atoms with Crippen LogP contribution in [0.1, 0.15) is 75.3 Å². The van der Waals surface area contributed by atoms with Gasteiger partial charge < -0.3 is 10.6 Å². The Morgan fingerprint density at radius 3 is 1.59 bits per heavy atom. The first-order valence-corrected chi connectivity index (χ1v) is 12.4. The molecule has 2 N–H and O–H groups in total. The van der Waals surface area contributed by atoms with E-state index in [9.17, 15) is 0 Å². The molecule has 0 aromatic heterocycles. The second-order valence-electron chi connectivity index (χ2n) is 11.2. The quantitative estimate of drug-likeness (QED) is 0.419. The number of hydrogen-bond acceptors (Lipinski definition) is 2. The Balaban J connectivity index is 1.60. The Bertz CT molecular complexity index is 1210. The average Bonchev–Trinajstić information content (AvgIpc) is 2.77. The molecule has 2 aliphatic heterocycles. The lowest BCUT2D eigenvalue weighted by atomic mass is 9.81. The van der Waals surface area contributed by atoms with Crippen LogP contribution in [0.2, 0.25) is 0 Å². The summed E-state index contributed by atoms with van der Waals surface area (Å²) in [6, 6.07) is 24.9. The van der Waals surface area contributed by atoms with Crippen molar-refractivity contribution in [3.05, 3.63) is 107 Å². The number of rotatable bonds is 4. The third kappa shape index (κ3) is 4.42. The molecule has 174 valence electrons. The van der Waals surface area contributed by atoms with E-state index in [1.807, 2.05) is 0 Å². The zero-order chi connectivity index (χ0) is 24.1. The van der Waals surface area contributed by atoms with Crippen LogP contribution in [0.15, 0.2) is 78.9 Å². The molecule has 2 aliphatic rings. The first-order valence-electron chi connectivity index (χ1n) is 12.4. The van der Waals surface area contributed by atoms with E-state index in [0.29, 0.717) is 0 Å². The highest BCUT2D eigenvalue weighted by molar-refractivity contribution is 5.82. The largest absolute Gasteiger partial charge is 0.376 e. The number of hydrogen-bond donors (Lipinski definition) is 2. The molecule has 2 nitrogen and oxygen atoms in total. The molecular weight excluding hydrogens is 412 g/mol. The lowest BCUT2D eigenvalue weighted by Crippen LogP contribution is -2.31. The fraction of sp³-hybridized carbons (Fsp3) is 0.312. The Morgan fingerprint density at radius 1 is 0.647 bits per heavy atom. The molecule has 2 heteroatoms. The van der Waals surface area contributed by atoms with Crippen molar-refractivity contribution in [3.8, 4) is 0 Å². The highest BCUT2D eigenvalue weighted by atomic mass is 15.0. The van der Waals surface area contributed by atoms with Gasteiger partial charge >= 0.3 is 0 Å². The number of nitrogens with one attached hydrogen (secondary N) is 2. The molecule has 0 radical (unpaired) electrons. The third-order valence-electron chi connectivity index (χ3n) is 7.09. The summed E-state index contributed by atoms with van der Waals surface area (Å²) in [6.45, 7) is 13.4. The van der Waals surface area contributed by atoms with Crippen LogP contribution in [0, 0.1) is 0 Å². The normalized spacial score (nSPS) is 17.6. The average molecular weight is 449 g/mol. The minimum Gasteiger partial charge on any atom is -0.376 e. The zero-order valence-electron chi connectivity index (χ0n) is 21.3. The second kappa shape index (κ2) is 8.20. The fourth-order valence-corrected chi connectivity index (χ4v) is 5.71. The van der Waals surface area contributed by atoms with Crippen LogP contribution in [0.3, 0.4) is 0 Å². The maximum Gasteiger partial charge on any atom is 0.0505 e. The van der Waals surface area contributed by atoms with Crippen LogP contribution >= 0.6 is 0 Å². The van der Waals surface area contributed by atoms with E-state index in [1.165, 1.54) is 50.3 Å². The SMILES string of the molecule is CC1=CC(C)(C)Nc2ccc(C(Cc3ccccc3)c3ccc4c(c3)C(C)=CC(C)(C)N4)cc21. The molecule has 3 aromatic carbocycles. The zero-order valence-corrected chi connectivity index (χ0v) is 21.3. The van der Waals surface area contributed by atoms with E-state index in [4.69, 9.17) is 0 Å². The second-order valence-corrected chi connectivity index (χ2v) is 11.2. The predicted molar refractivity (Wildman–Crippen MR) is 148 cm³/mol. The van der Waals surface area contributed by atoms with Crippen LogP contribution in [-0.2, 0) is 6.42 Å². The summed E-state index contributed by atoms with van der Waals surface area (Å²) < 4.78 is 0. The topological polar surface area (TPSA) is 24.1 Å². The molecule has 34 heavy (non-hydrogen) atoms. The van der Waals surface area contributed by atoms with Crippen molar-refractivity contribution in [1.82, 2.24) is 0 Å². The summed E-state index contributed by atoms with van der Waals surface area (Å²) in [4.78, 5) is 0. The monoisotopic (exact) mass is 448 g/mol. The van der Waals surface area contributed by atoms with Gasteiger partial charge in [0.2, 0.25) is 0 Å². The lowest BCUT2D eigenvalue weighted by molar-refractivity contribution is 0.706.